The number of nitrogens with zero attached hydrogens (tertiary/aromatic N) is 2. The van der Waals surface area contributed by atoms with Crippen LogP contribution in [0.2, 0.25) is 0 Å². The van der Waals surface area contributed by atoms with E-state index in [4.69, 9.17) is 4.52 Å². The van der Waals surface area contributed by atoms with Crippen molar-refractivity contribution in [2.45, 2.75) is 50.3 Å². The highest BCUT2D eigenvalue weighted by Gasteiger charge is 2.36. The molecule has 1 aliphatic carbocycles. The first-order chi connectivity index (χ1) is 8.95. The molecule has 7 heteroatoms. The van der Waals surface area contributed by atoms with Gasteiger partial charge in [-0.1, -0.05) is 24.4 Å². The molecule has 0 atom stereocenters. The molecule has 1 fully saturated rings. The minimum atomic E-state index is -3.59. The first-order valence-electron chi connectivity index (χ1n) is 6.30. The van der Waals surface area contributed by atoms with Crippen molar-refractivity contribution < 1.29 is 12.9 Å². The fraction of sp³-hybridized carbons (Fsp3) is 0.667. The van der Waals surface area contributed by atoms with Gasteiger partial charge in [-0.3, -0.25) is 0 Å². The lowest BCUT2D eigenvalue weighted by molar-refractivity contribution is 0.337. The van der Waals surface area contributed by atoms with Gasteiger partial charge in [0.15, 0.2) is 0 Å². The first-order valence-corrected chi connectivity index (χ1v) is 7.95. The minimum Gasteiger partial charge on any atom is -0.361 e. The number of rotatable bonds is 4. The van der Waals surface area contributed by atoms with Gasteiger partial charge < -0.3 is 4.52 Å². The summed E-state index contributed by atoms with van der Waals surface area (Å²) in [5, 5.41) is 12.9. The van der Waals surface area contributed by atoms with Crippen LogP contribution < -0.4 is 4.72 Å². The third-order valence-corrected chi connectivity index (χ3v) is 4.66. The van der Waals surface area contributed by atoms with Gasteiger partial charge in [-0.2, -0.15) is 9.98 Å². The van der Waals surface area contributed by atoms with Gasteiger partial charge in [-0.25, -0.2) is 8.42 Å². The lowest BCUT2D eigenvalue weighted by Crippen LogP contribution is -2.48. The summed E-state index contributed by atoms with van der Waals surface area (Å²) < 4.78 is 31.6. The minimum absolute atomic E-state index is 0.256. The highest BCUT2D eigenvalue weighted by atomic mass is 32.2. The highest BCUT2D eigenvalue weighted by Crippen LogP contribution is 2.28. The van der Waals surface area contributed by atoms with Crippen LogP contribution >= 0.6 is 0 Å². The predicted octanol–water partition coefficient (Wildman–Crippen LogP) is 1.63. The molecule has 1 heterocycles. The van der Waals surface area contributed by atoms with Crippen molar-refractivity contribution in [3.8, 4) is 6.07 Å². The lowest BCUT2D eigenvalue weighted by atomic mass is 9.84. The van der Waals surface area contributed by atoms with Gasteiger partial charge in [0.05, 0.1) is 6.07 Å². The highest BCUT2D eigenvalue weighted by molar-refractivity contribution is 7.88. The van der Waals surface area contributed by atoms with Crippen LogP contribution in [0.3, 0.4) is 0 Å². The van der Waals surface area contributed by atoms with E-state index in [0.717, 1.165) is 19.3 Å². The largest absolute Gasteiger partial charge is 0.361 e. The molecule has 0 unspecified atom stereocenters. The zero-order chi connectivity index (χ0) is 13.9. The molecular weight excluding hydrogens is 266 g/mol. The number of nitrogens with one attached hydrogen (secondary N) is 1. The predicted molar refractivity (Wildman–Crippen MR) is 68.4 cm³/mol. The van der Waals surface area contributed by atoms with E-state index in [-0.39, 0.29) is 5.75 Å². The van der Waals surface area contributed by atoms with Crippen molar-refractivity contribution in [3.63, 3.8) is 0 Å². The maximum absolute atomic E-state index is 12.1. The Morgan fingerprint density at radius 2 is 2.16 bits per heavy atom. The van der Waals surface area contributed by atoms with Crippen LogP contribution in [0.5, 0.6) is 0 Å². The fourth-order valence-corrected chi connectivity index (χ4v) is 3.85. The van der Waals surface area contributed by atoms with Gasteiger partial charge in [0, 0.05) is 6.07 Å². The Bertz CT molecular complexity index is 580. The molecule has 0 spiro atoms. The molecule has 0 saturated heterocycles. The Morgan fingerprint density at radius 1 is 1.47 bits per heavy atom. The molecule has 0 aromatic carbocycles. The summed E-state index contributed by atoms with van der Waals surface area (Å²) in [5.74, 6) is 0.311. The van der Waals surface area contributed by atoms with Gasteiger partial charge in [0.25, 0.3) is 0 Å². The van der Waals surface area contributed by atoms with Crippen LogP contribution in [0.15, 0.2) is 10.6 Å². The molecule has 0 radical (unpaired) electrons. The molecule has 1 N–H and O–H groups in total. The van der Waals surface area contributed by atoms with Crippen LogP contribution in [-0.2, 0) is 15.8 Å². The van der Waals surface area contributed by atoms with Gasteiger partial charge in [-0.05, 0) is 19.8 Å². The van der Waals surface area contributed by atoms with Crippen molar-refractivity contribution in [1.29, 1.82) is 5.26 Å². The Balaban J connectivity index is 2.10. The second kappa shape index (κ2) is 5.31. The maximum atomic E-state index is 12.1. The van der Waals surface area contributed by atoms with E-state index in [9.17, 15) is 13.7 Å². The van der Waals surface area contributed by atoms with Crippen LogP contribution in [0, 0.1) is 18.3 Å². The van der Waals surface area contributed by atoms with Gasteiger partial charge in [-0.15, -0.1) is 0 Å². The molecule has 2 rings (SSSR count). The summed E-state index contributed by atoms with van der Waals surface area (Å²) in [4.78, 5) is 0. The molecule has 1 saturated carbocycles. The quantitative estimate of drug-likeness (QED) is 0.906. The topological polar surface area (TPSA) is 96.0 Å². The Labute approximate surface area is 112 Å². The molecule has 6 nitrogen and oxygen atoms in total. The van der Waals surface area contributed by atoms with Crippen molar-refractivity contribution in [2.75, 3.05) is 0 Å². The monoisotopic (exact) mass is 283 g/mol. The molecule has 1 aliphatic rings. The van der Waals surface area contributed by atoms with Gasteiger partial charge in [0.2, 0.25) is 10.0 Å². The van der Waals surface area contributed by atoms with E-state index in [0.29, 0.717) is 24.3 Å². The second-order valence-corrected chi connectivity index (χ2v) is 6.77. The Kier molecular flexibility index (Phi) is 3.92. The van der Waals surface area contributed by atoms with Crippen LogP contribution in [-0.4, -0.2) is 19.1 Å². The number of sulfonamides is 1. The van der Waals surface area contributed by atoms with Crippen molar-refractivity contribution in [1.82, 2.24) is 9.88 Å². The summed E-state index contributed by atoms with van der Waals surface area (Å²) >= 11 is 0. The van der Waals surface area contributed by atoms with Crippen molar-refractivity contribution >= 4 is 10.0 Å². The third-order valence-electron chi connectivity index (χ3n) is 3.29. The summed E-state index contributed by atoms with van der Waals surface area (Å²) in [6.45, 7) is 1.70. The van der Waals surface area contributed by atoms with E-state index >= 15 is 0 Å². The van der Waals surface area contributed by atoms with E-state index < -0.39 is 15.6 Å². The average Bonchev–Trinajstić information content (AvgIpc) is 2.74. The molecule has 19 heavy (non-hydrogen) atoms. The van der Waals surface area contributed by atoms with Crippen molar-refractivity contribution in [3.05, 3.63) is 17.5 Å². The number of aryl methyl sites for hydroxylation is 1. The zero-order valence-corrected chi connectivity index (χ0v) is 11.7. The van der Waals surface area contributed by atoms with E-state index in [1.165, 1.54) is 0 Å². The fourth-order valence-electron chi connectivity index (χ4n) is 2.41. The molecule has 0 aliphatic heterocycles. The molecule has 1 aromatic rings. The van der Waals surface area contributed by atoms with Gasteiger partial charge in [0.1, 0.15) is 22.7 Å². The smallest absolute Gasteiger partial charge is 0.218 e. The molecule has 0 bridgehead atoms. The lowest BCUT2D eigenvalue weighted by Gasteiger charge is -2.30. The van der Waals surface area contributed by atoms with E-state index in [1.807, 2.05) is 0 Å². The number of hydrogen-bond donors (Lipinski definition) is 1. The SMILES string of the molecule is Cc1cc(CS(=O)(=O)NC2(C#N)CCCCC2)no1. The van der Waals surface area contributed by atoms with Gasteiger partial charge >= 0.3 is 0 Å². The molecule has 0 amide bonds. The summed E-state index contributed by atoms with van der Waals surface area (Å²) in [6.07, 6.45) is 3.94. The average molecular weight is 283 g/mol. The maximum Gasteiger partial charge on any atom is 0.218 e. The normalized spacial score (nSPS) is 18.9. The molecular formula is C12H17N3O3S. The van der Waals surface area contributed by atoms with E-state index in [2.05, 4.69) is 15.9 Å². The standard InChI is InChI=1S/C12H17N3O3S/c1-10-7-11(14-18-10)8-19(16,17)15-12(9-13)5-3-2-4-6-12/h7,15H,2-6,8H2,1H3. The summed E-state index contributed by atoms with van der Waals surface area (Å²) in [7, 11) is -3.59. The third kappa shape index (κ3) is 3.55. The first kappa shape index (κ1) is 14.0. The van der Waals surface area contributed by atoms with Crippen molar-refractivity contribution in [2.24, 2.45) is 0 Å². The number of hydrogen-bond acceptors (Lipinski definition) is 5. The molecule has 104 valence electrons. The summed E-state index contributed by atoms with van der Waals surface area (Å²) in [6, 6.07) is 3.71. The number of nitriles is 1. The summed E-state index contributed by atoms with van der Waals surface area (Å²) in [5.41, 5.74) is -0.593. The second-order valence-electron chi connectivity index (χ2n) is 5.04. The van der Waals surface area contributed by atoms with Crippen LogP contribution in [0.4, 0.5) is 0 Å². The number of aromatic nitrogens is 1. The Morgan fingerprint density at radius 3 is 2.68 bits per heavy atom. The zero-order valence-electron chi connectivity index (χ0n) is 10.8. The molecule has 1 aromatic heterocycles. The van der Waals surface area contributed by atoms with E-state index in [1.54, 1.807) is 13.0 Å². The Hall–Kier alpha value is -1.39. The van der Waals surface area contributed by atoms with Crippen LogP contribution in [0.1, 0.15) is 43.6 Å². The van der Waals surface area contributed by atoms with Crippen LogP contribution in [0.25, 0.3) is 0 Å².